The molecule has 2 N–H and O–H groups in total. The number of fused-ring (bicyclic) bond motifs is 1. The predicted molar refractivity (Wildman–Crippen MR) is 85.9 cm³/mol. The first-order chi connectivity index (χ1) is 11.3. The lowest BCUT2D eigenvalue weighted by Gasteiger charge is -2.09. The molecule has 1 heterocycles. The van der Waals surface area contributed by atoms with E-state index in [0.29, 0.717) is 21.8 Å². The van der Waals surface area contributed by atoms with E-state index in [0.717, 1.165) is 17.5 Å². The van der Waals surface area contributed by atoms with Gasteiger partial charge < -0.3 is 10.3 Å². The summed E-state index contributed by atoms with van der Waals surface area (Å²) in [6.07, 6.45) is -4.41. The SMILES string of the molecule is O=C(NCc1cccc(C(F)(F)F)c1)c1cc2ccc(Cl)cc2[nH]1. The Morgan fingerprint density at radius 1 is 1.12 bits per heavy atom. The van der Waals surface area contributed by atoms with Crippen molar-refractivity contribution in [2.24, 2.45) is 0 Å². The third-order valence-corrected chi connectivity index (χ3v) is 3.77. The van der Waals surface area contributed by atoms with E-state index in [2.05, 4.69) is 10.3 Å². The molecule has 3 nitrogen and oxygen atoms in total. The minimum atomic E-state index is -4.41. The number of aromatic amines is 1. The van der Waals surface area contributed by atoms with Crippen LogP contribution in [0.5, 0.6) is 0 Å². The smallest absolute Gasteiger partial charge is 0.350 e. The van der Waals surface area contributed by atoms with E-state index in [1.807, 2.05) is 0 Å². The fourth-order valence-electron chi connectivity index (χ4n) is 2.36. The van der Waals surface area contributed by atoms with Crippen molar-refractivity contribution in [3.05, 3.63) is 70.4 Å². The van der Waals surface area contributed by atoms with Gasteiger partial charge in [-0.1, -0.05) is 29.8 Å². The maximum absolute atomic E-state index is 12.7. The van der Waals surface area contributed by atoms with Gasteiger partial charge in [-0.25, -0.2) is 0 Å². The summed E-state index contributed by atoms with van der Waals surface area (Å²) in [6, 6.07) is 11.7. The highest BCUT2D eigenvalue weighted by Gasteiger charge is 2.30. The molecule has 0 saturated carbocycles. The maximum atomic E-state index is 12.7. The summed E-state index contributed by atoms with van der Waals surface area (Å²) in [6.45, 7) is -0.00112. The van der Waals surface area contributed by atoms with E-state index in [9.17, 15) is 18.0 Å². The van der Waals surface area contributed by atoms with Crippen LogP contribution in [-0.2, 0) is 12.7 Å². The number of alkyl halides is 3. The van der Waals surface area contributed by atoms with E-state index in [1.54, 1.807) is 24.3 Å². The molecule has 124 valence electrons. The Balaban J connectivity index is 1.73. The summed E-state index contributed by atoms with van der Waals surface area (Å²) in [5, 5.41) is 3.96. The van der Waals surface area contributed by atoms with Gasteiger partial charge in [0.25, 0.3) is 5.91 Å². The van der Waals surface area contributed by atoms with E-state index >= 15 is 0 Å². The van der Waals surface area contributed by atoms with Crippen molar-refractivity contribution in [3.63, 3.8) is 0 Å². The second-order valence-corrected chi connectivity index (χ2v) is 5.73. The molecule has 0 radical (unpaired) electrons. The first-order valence-electron chi connectivity index (χ1n) is 7.05. The number of halogens is 4. The van der Waals surface area contributed by atoms with Crippen LogP contribution in [0.1, 0.15) is 21.6 Å². The van der Waals surface area contributed by atoms with Crippen molar-refractivity contribution >= 4 is 28.4 Å². The average Bonchev–Trinajstić information content (AvgIpc) is 2.95. The molecular formula is C17H12ClF3N2O. The summed E-state index contributed by atoms with van der Waals surface area (Å²) in [5.74, 6) is -0.403. The second-order valence-electron chi connectivity index (χ2n) is 5.30. The zero-order valence-electron chi connectivity index (χ0n) is 12.2. The lowest BCUT2D eigenvalue weighted by molar-refractivity contribution is -0.137. The molecule has 0 saturated heterocycles. The molecule has 0 bridgehead atoms. The van der Waals surface area contributed by atoms with Gasteiger partial charge in [-0.15, -0.1) is 0 Å². The number of carbonyl (C=O) groups excluding carboxylic acids is 1. The lowest BCUT2D eigenvalue weighted by Crippen LogP contribution is -2.23. The van der Waals surface area contributed by atoms with Gasteiger partial charge in [-0.2, -0.15) is 13.2 Å². The number of H-pyrrole nitrogens is 1. The van der Waals surface area contributed by atoms with Crippen LogP contribution < -0.4 is 5.32 Å². The molecule has 0 spiro atoms. The molecule has 0 aliphatic carbocycles. The van der Waals surface area contributed by atoms with Gasteiger partial charge in [-0.05, 0) is 35.9 Å². The van der Waals surface area contributed by atoms with Crippen molar-refractivity contribution in [1.82, 2.24) is 10.3 Å². The number of hydrogen-bond acceptors (Lipinski definition) is 1. The Morgan fingerprint density at radius 3 is 2.67 bits per heavy atom. The van der Waals surface area contributed by atoms with Crippen LogP contribution in [0.2, 0.25) is 5.02 Å². The molecular weight excluding hydrogens is 341 g/mol. The number of aromatic nitrogens is 1. The van der Waals surface area contributed by atoms with Gasteiger partial charge in [0.05, 0.1) is 5.56 Å². The first kappa shape index (κ1) is 16.4. The van der Waals surface area contributed by atoms with Crippen molar-refractivity contribution in [2.45, 2.75) is 12.7 Å². The van der Waals surface area contributed by atoms with E-state index in [-0.39, 0.29) is 6.54 Å². The summed E-state index contributed by atoms with van der Waals surface area (Å²) in [4.78, 5) is 15.1. The van der Waals surface area contributed by atoms with Crippen LogP contribution in [0.4, 0.5) is 13.2 Å². The minimum Gasteiger partial charge on any atom is -0.350 e. The Morgan fingerprint density at radius 2 is 1.92 bits per heavy atom. The van der Waals surface area contributed by atoms with E-state index in [4.69, 9.17) is 11.6 Å². The third kappa shape index (κ3) is 3.54. The van der Waals surface area contributed by atoms with Gasteiger partial charge >= 0.3 is 6.18 Å². The molecule has 0 atom stereocenters. The van der Waals surface area contributed by atoms with Gasteiger partial charge in [-0.3, -0.25) is 4.79 Å². The number of carbonyl (C=O) groups is 1. The lowest BCUT2D eigenvalue weighted by atomic mass is 10.1. The quantitative estimate of drug-likeness (QED) is 0.700. The molecule has 0 fully saturated rings. The molecule has 0 unspecified atom stereocenters. The molecule has 3 rings (SSSR count). The average molecular weight is 353 g/mol. The number of hydrogen-bond donors (Lipinski definition) is 2. The van der Waals surface area contributed by atoms with Crippen LogP contribution in [-0.4, -0.2) is 10.9 Å². The molecule has 1 aromatic heterocycles. The van der Waals surface area contributed by atoms with Crippen LogP contribution in [0.15, 0.2) is 48.5 Å². The maximum Gasteiger partial charge on any atom is 0.416 e. The van der Waals surface area contributed by atoms with Gasteiger partial charge in [0.15, 0.2) is 0 Å². The van der Waals surface area contributed by atoms with Crippen LogP contribution in [0, 0.1) is 0 Å². The standard InChI is InChI=1S/C17H12ClF3N2O/c18-13-5-4-11-7-15(23-14(11)8-13)16(24)22-9-10-2-1-3-12(6-10)17(19,20)21/h1-8,23H,9H2,(H,22,24). The van der Waals surface area contributed by atoms with Crippen molar-refractivity contribution in [3.8, 4) is 0 Å². The largest absolute Gasteiger partial charge is 0.416 e. The zero-order chi connectivity index (χ0) is 17.3. The second kappa shape index (κ2) is 6.20. The molecule has 1 amide bonds. The molecule has 24 heavy (non-hydrogen) atoms. The molecule has 0 aliphatic rings. The number of amides is 1. The van der Waals surface area contributed by atoms with Crippen molar-refractivity contribution < 1.29 is 18.0 Å². The molecule has 7 heteroatoms. The number of rotatable bonds is 3. The highest BCUT2D eigenvalue weighted by Crippen LogP contribution is 2.29. The third-order valence-electron chi connectivity index (χ3n) is 3.54. The molecule has 0 aliphatic heterocycles. The van der Waals surface area contributed by atoms with Crippen LogP contribution >= 0.6 is 11.6 Å². The fraction of sp³-hybridized carbons (Fsp3) is 0.118. The van der Waals surface area contributed by atoms with E-state index in [1.165, 1.54) is 12.1 Å². The van der Waals surface area contributed by atoms with Gasteiger partial charge in [0, 0.05) is 22.5 Å². The predicted octanol–water partition coefficient (Wildman–Crippen LogP) is 4.77. The number of benzene rings is 2. The summed E-state index contributed by atoms with van der Waals surface area (Å²) in [5.41, 5.74) is 0.665. The van der Waals surface area contributed by atoms with E-state index < -0.39 is 17.6 Å². The normalized spacial score (nSPS) is 11.7. The van der Waals surface area contributed by atoms with Crippen molar-refractivity contribution in [2.75, 3.05) is 0 Å². The number of nitrogens with one attached hydrogen (secondary N) is 2. The summed E-state index contributed by atoms with van der Waals surface area (Å²) < 4.78 is 38.0. The Kier molecular flexibility index (Phi) is 4.24. The zero-order valence-corrected chi connectivity index (χ0v) is 13.0. The van der Waals surface area contributed by atoms with Crippen LogP contribution in [0.3, 0.4) is 0 Å². The minimum absolute atomic E-state index is 0.00112. The van der Waals surface area contributed by atoms with Crippen LogP contribution in [0.25, 0.3) is 10.9 Å². The van der Waals surface area contributed by atoms with Gasteiger partial charge in [0.1, 0.15) is 5.69 Å². The topological polar surface area (TPSA) is 44.9 Å². The summed E-state index contributed by atoms with van der Waals surface area (Å²) in [7, 11) is 0. The highest BCUT2D eigenvalue weighted by atomic mass is 35.5. The molecule has 3 aromatic rings. The fourth-order valence-corrected chi connectivity index (χ4v) is 2.53. The van der Waals surface area contributed by atoms with Crippen molar-refractivity contribution in [1.29, 1.82) is 0 Å². The first-order valence-corrected chi connectivity index (χ1v) is 7.43. The monoisotopic (exact) mass is 352 g/mol. The Hall–Kier alpha value is -2.47. The highest BCUT2D eigenvalue weighted by molar-refractivity contribution is 6.31. The Labute approximate surface area is 140 Å². The summed E-state index contributed by atoms with van der Waals surface area (Å²) >= 11 is 5.89. The molecule has 2 aromatic carbocycles. The Bertz CT molecular complexity index is 902. The van der Waals surface area contributed by atoms with Gasteiger partial charge in [0.2, 0.25) is 0 Å².